The molecule has 1 aromatic carbocycles. The first-order valence-corrected chi connectivity index (χ1v) is 14.9. The Morgan fingerprint density at radius 2 is 1.85 bits per heavy atom. The van der Waals surface area contributed by atoms with E-state index in [1.54, 1.807) is 33.2 Å². The van der Waals surface area contributed by atoms with Crippen molar-refractivity contribution in [1.82, 2.24) is 14.1 Å². The van der Waals surface area contributed by atoms with Crippen LogP contribution < -0.4 is 4.90 Å². The van der Waals surface area contributed by atoms with E-state index in [1.165, 1.54) is 43.0 Å². The monoisotopic (exact) mass is 616 g/mol. The van der Waals surface area contributed by atoms with Crippen LogP contribution in [0.5, 0.6) is 0 Å². The summed E-state index contributed by atoms with van der Waals surface area (Å²) >= 11 is 7.28. The predicted octanol–water partition coefficient (Wildman–Crippen LogP) is 3.69. The number of carboxylic acid groups (broad SMARTS) is 1. The maximum atomic E-state index is 15.0. The molecule has 0 radical (unpaired) electrons. The number of nitrogens with zero attached hydrogens (tertiary/aromatic N) is 4. The third kappa shape index (κ3) is 8.58. The number of hydrogen-bond donors (Lipinski definition) is 1. The van der Waals surface area contributed by atoms with Crippen LogP contribution in [0, 0.1) is 5.82 Å². The zero-order valence-electron chi connectivity index (χ0n) is 23.0. The van der Waals surface area contributed by atoms with Gasteiger partial charge < -0.3 is 19.8 Å². The van der Waals surface area contributed by atoms with Crippen LogP contribution in [-0.2, 0) is 19.6 Å². The zero-order chi connectivity index (χ0) is 30.2. The van der Waals surface area contributed by atoms with Gasteiger partial charge in [0, 0.05) is 37.6 Å². The highest BCUT2D eigenvalue weighted by molar-refractivity contribution is 7.92. The molecule has 1 aromatic heterocycles. The summed E-state index contributed by atoms with van der Waals surface area (Å²) in [5.74, 6) is -1.57. The second-order valence-corrected chi connectivity index (χ2v) is 12.9. The van der Waals surface area contributed by atoms with Crippen LogP contribution in [0.4, 0.5) is 10.1 Å². The smallest absolute Gasteiger partial charge is 0.290 e. The van der Waals surface area contributed by atoms with Gasteiger partial charge in [0.15, 0.2) is 0 Å². The minimum absolute atomic E-state index is 0.0217. The van der Waals surface area contributed by atoms with Gasteiger partial charge in [-0.1, -0.05) is 11.6 Å². The molecule has 0 bridgehead atoms. The van der Waals surface area contributed by atoms with E-state index in [0.717, 1.165) is 10.9 Å². The molecule has 220 valence electrons. The molecule has 0 spiro atoms. The molecule has 40 heavy (non-hydrogen) atoms. The summed E-state index contributed by atoms with van der Waals surface area (Å²) in [6, 6.07) is 6.44. The first kappa shape index (κ1) is 33.4. The van der Waals surface area contributed by atoms with E-state index in [0.29, 0.717) is 22.9 Å². The molecule has 1 atom stereocenters. The van der Waals surface area contributed by atoms with Crippen molar-refractivity contribution in [2.75, 3.05) is 52.7 Å². The van der Waals surface area contributed by atoms with E-state index in [-0.39, 0.29) is 43.1 Å². The Labute approximate surface area is 243 Å². The van der Waals surface area contributed by atoms with E-state index in [9.17, 15) is 22.4 Å². The van der Waals surface area contributed by atoms with E-state index in [4.69, 9.17) is 21.5 Å². The Hall–Kier alpha value is -2.84. The van der Waals surface area contributed by atoms with Crippen molar-refractivity contribution in [3.8, 4) is 0 Å². The molecule has 3 rings (SSSR count). The highest BCUT2D eigenvalue weighted by Gasteiger charge is 2.42. The van der Waals surface area contributed by atoms with Crippen LogP contribution in [-0.4, -0.2) is 99.8 Å². The van der Waals surface area contributed by atoms with Crippen molar-refractivity contribution in [3.05, 3.63) is 56.3 Å². The maximum absolute atomic E-state index is 15.0. The lowest BCUT2D eigenvalue weighted by atomic mass is 10.1. The van der Waals surface area contributed by atoms with Gasteiger partial charge in [-0.25, -0.2) is 12.8 Å². The van der Waals surface area contributed by atoms with E-state index in [1.807, 2.05) is 19.0 Å². The maximum Gasteiger partial charge on any atom is 0.290 e. The predicted molar refractivity (Wildman–Crippen MR) is 156 cm³/mol. The number of carbonyl (C=O) groups excluding carboxylic acids is 2. The van der Waals surface area contributed by atoms with E-state index in [2.05, 4.69) is 0 Å². The number of benzene rings is 1. The number of anilines is 1. The van der Waals surface area contributed by atoms with Crippen molar-refractivity contribution >= 4 is 62.5 Å². The standard InChI is InChI=1S/C25H32ClFN4O4S2.CH2O2/c1-17(22-9-10-23(26)36-22)16-37(34,35)31(13-6-12-28(2)3)21-11-14-30(25(21)33)20-8-7-18(15-19(20)27)24(32)29(4)5;2-1-3/h7-10,15-16,21H,6,11-14H2,1-5H3;1H,(H,2,3)/b17-16+;/t21-;/m0./s1. The van der Waals surface area contributed by atoms with Crippen molar-refractivity contribution < 1.29 is 32.3 Å². The third-order valence-electron chi connectivity index (χ3n) is 6.01. The lowest BCUT2D eigenvalue weighted by molar-refractivity contribution is -0.123. The first-order chi connectivity index (χ1) is 18.7. The van der Waals surface area contributed by atoms with Crippen molar-refractivity contribution in [1.29, 1.82) is 0 Å². The zero-order valence-corrected chi connectivity index (χ0v) is 25.4. The quantitative estimate of drug-likeness (QED) is 0.405. The fraction of sp³-hybridized carbons (Fsp3) is 0.423. The van der Waals surface area contributed by atoms with Crippen LogP contribution in [0.1, 0.15) is 35.0 Å². The van der Waals surface area contributed by atoms with Crippen LogP contribution in [0.2, 0.25) is 4.34 Å². The average Bonchev–Trinajstić information content (AvgIpc) is 3.47. The van der Waals surface area contributed by atoms with Crippen LogP contribution >= 0.6 is 22.9 Å². The fourth-order valence-corrected chi connectivity index (χ4v) is 6.90. The van der Waals surface area contributed by atoms with Gasteiger partial charge in [0.2, 0.25) is 15.9 Å². The van der Waals surface area contributed by atoms with Crippen LogP contribution in [0.25, 0.3) is 5.57 Å². The molecule has 1 N–H and O–H groups in total. The summed E-state index contributed by atoms with van der Waals surface area (Å²) in [6.07, 6.45) is 0.735. The lowest BCUT2D eigenvalue weighted by Gasteiger charge is -2.27. The molecule has 0 saturated carbocycles. The summed E-state index contributed by atoms with van der Waals surface area (Å²) in [4.78, 5) is 39.2. The van der Waals surface area contributed by atoms with Crippen molar-refractivity contribution in [2.45, 2.75) is 25.8 Å². The summed E-state index contributed by atoms with van der Waals surface area (Å²) in [7, 11) is 2.92. The van der Waals surface area contributed by atoms with Gasteiger partial charge in [0.1, 0.15) is 11.9 Å². The second-order valence-electron chi connectivity index (χ2n) is 9.48. The summed E-state index contributed by atoms with van der Waals surface area (Å²) in [5.41, 5.74) is 0.703. The Morgan fingerprint density at radius 3 is 2.38 bits per heavy atom. The Morgan fingerprint density at radius 1 is 1.20 bits per heavy atom. The Bertz CT molecular complexity index is 1350. The summed E-state index contributed by atoms with van der Waals surface area (Å²) < 4.78 is 43.8. The number of sulfonamides is 1. The molecule has 1 aliphatic heterocycles. The molecular formula is C26H34ClFN4O6S2. The van der Waals surface area contributed by atoms with Gasteiger partial charge >= 0.3 is 0 Å². The highest BCUT2D eigenvalue weighted by atomic mass is 35.5. The molecule has 2 heterocycles. The van der Waals surface area contributed by atoms with Gasteiger partial charge in [-0.05, 0) is 76.3 Å². The number of allylic oxidation sites excluding steroid dienone is 1. The number of thiophene rings is 1. The van der Waals surface area contributed by atoms with Gasteiger partial charge in [0.25, 0.3) is 12.4 Å². The van der Waals surface area contributed by atoms with Gasteiger partial charge in [-0.3, -0.25) is 14.4 Å². The summed E-state index contributed by atoms with van der Waals surface area (Å²) in [5, 5.41) is 8.06. The average molecular weight is 617 g/mol. The van der Waals surface area contributed by atoms with Crippen molar-refractivity contribution in [2.24, 2.45) is 0 Å². The molecule has 1 aliphatic rings. The largest absolute Gasteiger partial charge is 0.483 e. The molecule has 0 aliphatic carbocycles. The molecule has 1 fully saturated rings. The normalized spacial score (nSPS) is 15.8. The molecule has 2 amide bonds. The van der Waals surface area contributed by atoms with Crippen LogP contribution in [0.15, 0.2) is 35.7 Å². The highest BCUT2D eigenvalue weighted by Crippen LogP contribution is 2.32. The molecule has 0 unspecified atom stereocenters. The number of carbonyl (C=O) groups is 3. The number of amides is 2. The number of hydrogen-bond acceptors (Lipinski definition) is 7. The number of halogens is 2. The molecular weight excluding hydrogens is 583 g/mol. The van der Waals surface area contributed by atoms with Gasteiger partial charge in [-0.2, -0.15) is 4.31 Å². The Kier molecular flexibility index (Phi) is 12.3. The first-order valence-electron chi connectivity index (χ1n) is 12.2. The summed E-state index contributed by atoms with van der Waals surface area (Å²) in [6.45, 7) is 2.37. The van der Waals surface area contributed by atoms with Gasteiger partial charge in [-0.15, -0.1) is 11.3 Å². The Balaban J connectivity index is 0.00000178. The van der Waals surface area contributed by atoms with Crippen molar-refractivity contribution in [3.63, 3.8) is 0 Å². The molecule has 10 nitrogen and oxygen atoms in total. The molecule has 2 aromatic rings. The molecule has 1 saturated heterocycles. The van der Waals surface area contributed by atoms with Crippen LogP contribution in [0.3, 0.4) is 0 Å². The SMILES string of the molecule is C/C(=C\S(=O)(=O)N(CCCN(C)C)[C@H]1CCN(c2ccc(C(=O)N(C)C)cc2F)C1=O)c1ccc(Cl)s1.O=CO. The topological polar surface area (TPSA) is 119 Å². The lowest BCUT2D eigenvalue weighted by Crippen LogP contribution is -2.45. The second kappa shape index (κ2) is 14.7. The minimum atomic E-state index is -3.99. The third-order valence-corrected chi connectivity index (χ3v) is 9.12. The van der Waals surface area contributed by atoms with E-state index < -0.39 is 27.8 Å². The van der Waals surface area contributed by atoms with E-state index >= 15 is 0 Å². The molecule has 14 heteroatoms. The number of rotatable bonds is 10. The van der Waals surface area contributed by atoms with Gasteiger partial charge in [0.05, 0.1) is 15.4 Å². The minimum Gasteiger partial charge on any atom is -0.483 e. The fourth-order valence-electron chi connectivity index (χ4n) is 4.17.